The maximum atomic E-state index is 13.2. The molecule has 5 aromatic rings. The van der Waals surface area contributed by atoms with E-state index in [9.17, 15) is 9.59 Å². The highest BCUT2D eigenvalue weighted by atomic mass is 16.4. The van der Waals surface area contributed by atoms with Gasteiger partial charge in [0, 0.05) is 11.1 Å². The lowest BCUT2D eigenvalue weighted by Gasteiger charge is -2.05. The molecule has 11 heteroatoms. The molecule has 0 amide bonds. The quantitative estimate of drug-likeness (QED) is 0.116. The van der Waals surface area contributed by atoms with Gasteiger partial charge in [-0.3, -0.25) is 19.6 Å². The number of hydrogen-bond acceptors (Lipinski definition) is 7. The van der Waals surface area contributed by atoms with Crippen molar-refractivity contribution >= 4 is 45.3 Å². The highest BCUT2D eigenvalue weighted by Gasteiger charge is 2.23. The molecule has 0 spiro atoms. The Morgan fingerprint density at radius 1 is 0.674 bits per heavy atom. The normalized spacial score (nSPS) is 17.0. The SMILES string of the molecule is NC(=NC1CCCC1)c1ccc2nc(C(=O)c3ccc(C(=O)c4nc5ccc(C(N)=NC6CCCC6)cc5[nH]4)o3)[nH]c2c1. The van der Waals surface area contributed by atoms with E-state index in [0.717, 1.165) is 36.8 Å². The van der Waals surface area contributed by atoms with E-state index >= 15 is 0 Å². The lowest BCUT2D eigenvalue weighted by atomic mass is 10.1. The van der Waals surface area contributed by atoms with Crippen molar-refractivity contribution < 1.29 is 14.0 Å². The molecule has 0 bridgehead atoms. The molecule has 7 rings (SSSR count). The zero-order valence-corrected chi connectivity index (χ0v) is 23.6. The number of benzene rings is 2. The maximum absolute atomic E-state index is 13.2. The van der Waals surface area contributed by atoms with Crippen molar-refractivity contribution in [3.8, 4) is 0 Å². The molecule has 0 unspecified atom stereocenters. The smallest absolute Gasteiger partial charge is 0.263 e. The summed E-state index contributed by atoms with van der Waals surface area (Å²) in [4.78, 5) is 50.7. The van der Waals surface area contributed by atoms with E-state index in [2.05, 4.69) is 29.9 Å². The van der Waals surface area contributed by atoms with Crippen molar-refractivity contribution in [2.24, 2.45) is 21.5 Å². The first kappa shape index (κ1) is 26.8. The predicted molar refractivity (Wildman–Crippen MR) is 164 cm³/mol. The van der Waals surface area contributed by atoms with E-state index in [1.54, 1.807) is 12.1 Å². The number of hydrogen-bond donors (Lipinski definition) is 4. The van der Waals surface area contributed by atoms with E-state index in [0.29, 0.717) is 33.7 Å². The Hall–Kier alpha value is -5.06. The number of rotatable bonds is 8. The number of carbonyl (C=O) groups is 2. The van der Waals surface area contributed by atoms with Gasteiger partial charge in [-0.05, 0) is 74.2 Å². The number of nitrogens with two attached hydrogens (primary N) is 2. The summed E-state index contributed by atoms with van der Waals surface area (Å²) in [5.74, 6) is 0.172. The zero-order valence-electron chi connectivity index (χ0n) is 23.6. The van der Waals surface area contributed by atoms with Crippen LogP contribution >= 0.6 is 0 Å². The Balaban J connectivity index is 1.08. The van der Waals surface area contributed by atoms with Gasteiger partial charge in [0.1, 0.15) is 11.7 Å². The first-order valence-electron chi connectivity index (χ1n) is 14.8. The molecule has 2 aromatic carbocycles. The fourth-order valence-corrected chi connectivity index (χ4v) is 5.98. The topological polar surface area (TPSA) is 181 Å². The fourth-order valence-electron chi connectivity index (χ4n) is 5.98. The monoisotopic (exact) mass is 576 g/mol. The van der Waals surface area contributed by atoms with Gasteiger partial charge in [0.15, 0.2) is 23.2 Å². The number of nitrogens with one attached hydrogen (secondary N) is 2. The Morgan fingerprint density at radius 2 is 1.09 bits per heavy atom. The zero-order chi connectivity index (χ0) is 29.5. The number of amidine groups is 2. The molecule has 6 N–H and O–H groups in total. The molecule has 2 aliphatic rings. The van der Waals surface area contributed by atoms with Crippen LogP contribution in [0.1, 0.15) is 95.3 Å². The number of ketones is 2. The maximum Gasteiger partial charge on any atom is 0.263 e. The fraction of sp³-hybridized carbons (Fsp3) is 0.312. The average molecular weight is 577 g/mol. The lowest BCUT2D eigenvalue weighted by molar-refractivity contribution is 0.0977. The second-order valence-electron chi connectivity index (χ2n) is 11.4. The van der Waals surface area contributed by atoms with Gasteiger partial charge in [0.2, 0.25) is 0 Å². The number of aromatic nitrogens is 4. The third kappa shape index (κ3) is 5.33. The molecule has 2 saturated carbocycles. The van der Waals surface area contributed by atoms with Crippen molar-refractivity contribution in [3.63, 3.8) is 0 Å². The van der Waals surface area contributed by atoms with Crippen LogP contribution < -0.4 is 11.5 Å². The van der Waals surface area contributed by atoms with Crippen LogP contribution in [0.5, 0.6) is 0 Å². The summed E-state index contributed by atoms with van der Waals surface area (Å²) >= 11 is 0. The van der Waals surface area contributed by atoms with E-state index in [4.69, 9.17) is 15.9 Å². The second kappa shape index (κ2) is 11.0. The van der Waals surface area contributed by atoms with Crippen molar-refractivity contribution in [3.05, 3.63) is 82.8 Å². The van der Waals surface area contributed by atoms with Crippen LogP contribution in [0.3, 0.4) is 0 Å². The molecule has 0 saturated heterocycles. The van der Waals surface area contributed by atoms with Gasteiger partial charge >= 0.3 is 0 Å². The summed E-state index contributed by atoms with van der Waals surface area (Å²) in [5.41, 5.74) is 16.6. The number of H-pyrrole nitrogens is 2. The Labute approximate surface area is 246 Å². The Kier molecular flexibility index (Phi) is 6.84. The van der Waals surface area contributed by atoms with E-state index in [-0.39, 0.29) is 35.3 Å². The van der Waals surface area contributed by atoms with Crippen molar-refractivity contribution in [2.75, 3.05) is 0 Å². The summed E-state index contributed by atoms with van der Waals surface area (Å²) < 4.78 is 5.68. The molecular weight excluding hydrogens is 544 g/mol. The van der Waals surface area contributed by atoms with E-state index in [1.165, 1.54) is 37.8 Å². The standard InChI is InChI=1S/C32H32N8O3/c33-29(35-19-5-1-2-6-19)17-9-11-21-23(15-17)39-31(37-21)27(41)25-13-14-26(43-25)28(42)32-38-22-12-10-18(16-24(22)40-32)30(34)36-20-7-3-4-8-20/h9-16,19-20H,1-8H2,(H2,33,35)(H2,34,36)(H,37,39)(H,38,40). The predicted octanol–water partition coefficient (Wildman–Crippen LogP) is 4.79. The molecule has 0 aliphatic heterocycles. The number of fused-ring (bicyclic) bond motifs is 2. The van der Waals surface area contributed by atoms with Gasteiger partial charge in [-0.15, -0.1) is 0 Å². The van der Waals surface area contributed by atoms with Crippen LogP contribution in [0, 0.1) is 0 Å². The van der Waals surface area contributed by atoms with Crippen LogP contribution in [0.4, 0.5) is 0 Å². The van der Waals surface area contributed by atoms with Gasteiger partial charge in [-0.2, -0.15) is 0 Å². The average Bonchev–Trinajstić information content (AvgIpc) is 3.85. The number of aromatic amines is 2. The number of nitrogens with zero attached hydrogens (tertiary/aromatic N) is 4. The second-order valence-corrected chi connectivity index (χ2v) is 11.4. The highest BCUT2D eigenvalue weighted by molar-refractivity contribution is 6.10. The molecular formula is C32H32N8O3. The van der Waals surface area contributed by atoms with Crippen molar-refractivity contribution in [2.45, 2.75) is 63.5 Å². The number of carbonyl (C=O) groups excluding carboxylic acids is 2. The molecule has 3 aromatic heterocycles. The number of furan rings is 1. The molecule has 2 aliphatic carbocycles. The third-order valence-electron chi connectivity index (χ3n) is 8.33. The molecule has 3 heterocycles. The Bertz CT molecular complexity index is 1780. The summed E-state index contributed by atoms with van der Waals surface area (Å²) in [6.45, 7) is 0. The van der Waals surface area contributed by atoms with Crippen LogP contribution in [-0.4, -0.2) is 55.3 Å². The summed E-state index contributed by atoms with van der Waals surface area (Å²) in [6.07, 6.45) is 8.94. The van der Waals surface area contributed by atoms with Gasteiger partial charge in [-0.1, -0.05) is 25.7 Å². The first-order valence-corrected chi connectivity index (χ1v) is 14.8. The van der Waals surface area contributed by atoms with E-state index < -0.39 is 11.6 Å². The highest BCUT2D eigenvalue weighted by Crippen LogP contribution is 2.24. The van der Waals surface area contributed by atoms with Crippen LogP contribution in [0.2, 0.25) is 0 Å². The van der Waals surface area contributed by atoms with Gasteiger partial charge < -0.3 is 25.9 Å². The van der Waals surface area contributed by atoms with Crippen molar-refractivity contribution in [1.82, 2.24) is 19.9 Å². The summed E-state index contributed by atoms with van der Waals surface area (Å²) in [5, 5.41) is 0. The van der Waals surface area contributed by atoms with Crippen LogP contribution in [-0.2, 0) is 0 Å². The van der Waals surface area contributed by atoms with Gasteiger partial charge in [-0.25, -0.2) is 9.97 Å². The van der Waals surface area contributed by atoms with Gasteiger partial charge in [0.05, 0.1) is 34.2 Å². The Morgan fingerprint density at radius 3 is 1.51 bits per heavy atom. The summed E-state index contributed by atoms with van der Waals surface area (Å²) in [6, 6.07) is 14.4. The minimum absolute atomic E-state index is 0.0146. The first-order chi connectivity index (χ1) is 20.9. The largest absolute Gasteiger partial charge is 0.449 e. The molecule has 0 atom stereocenters. The summed E-state index contributed by atoms with van der Waals surface area (Å²) in [7, 11) is 0. The minimum Gasteiger partial charge on any atom is -0.449 e. The van der Waals surface area contributed by atoms with E-state index in [1.807, 2.05) is 24.3 Å². The minimum atomic E-state index is -0.476. The van der Waals surface area contributed by atoms with Gasteiger partial charge in [0.25, 0.3) is 11.6 Å². The lowest BCUT2D eigenvalue weighted by Crippen LogP contribution is -2.16. The molecule has 218 valence electrons. The van der Waals surface area contributed by atoms with Crippen molar-refractivity contribution in [1.29, 1.82) is 0 Å². The molecule has 2 fully saturated rings. The molecule has 0 radical (unpaired) electrons. The molecule has 11 nitrogen and oxygen atoms in total. The number of imidazole rings is 2. The number of aliphatic imine (C=N–C) groups is 2. The van der Waals surface area contributed by atoms with Crippen LogP contribution in [0.25, 0.3) is 22.1 Å². The third-order valence-corrected chi connectivity index (χ3v) is 8.33. The molecule has 43 heavy (non-hydrogen) atoms. The van der Waals surface area contributed by atoms with Crippen LogP contribution in [0.15, 0.2) is 62.9 Å².